The van der Waals surface area contributed by atoms with Crippen molar-refractivity contribution in [2.45, 2.75) is 156 Å². The molecule has 6 aliphatic rings. The maximum absolute atomic E-state index is 12.6. The molecule has 6 rings (SSSR count). The Morgan fingerprint density at radius 3 is 2.09 bits per heavy atom. The molecule has 57 heavy (non-hydrogen) atoms. The first-order valence-electron chi connectivity index (χ1n) is 19.3. The fourth-order valence-electron chi connectivity index (χ4n) is 7.66. The van der Waals surface area contributed by atoms with Crippen LogP contribution in [0.5, 0.6) is 0 Å². The summed E-state index contributed by atoms with van der Waals surface area (Å²) in [7, 11) is 0. The summed E-state index contributed by atoms with van der Waals surface area (Å²) in [6.45, 7) is 1.86. The molecule has 1 amide bonds. The Balaban J connectivity index is 1.28. The SMILES string of the molecule is CC(=O)N[C@H]1C(O[C@@H]2OC(C)[C@@H](O)C(O)[C@@H]2O)[C@H](O[C@@H]2OC(CO)[C@H](O)C(O)[C@@H]2O)C(CO)O[C@H]1NC(=S)NCCSCC1O[C@@H]2OCCCCCC1[C@@H](O)[C@@H]2O. The number of amides is 1. The smallest absolute Gasteiger partial charge is 0.217 e. The lowest BCUT2D eigenvalue weighted by Gasteiger charge is -2.50. The van der Waals surface area contributed by atoms with E-state index in [1.165, 1.54) is 25.6 Å². The van der Waals surface area contributed by atoms with Crippen LogP contribution in [0.2, 0.25) is 0 Å². The minimum Gasteiger partial charge on any atom is -0.394 e. The predicted octanol–water partition coefficient (Wildman–Crippen LogP) is -5.54. The molecule has 0 radical (unpaired) electrons. The molecule has 6 heterocycles. The third-order valence-electron chi connectivity index (χ3n) is 10.9. The van der Waals surface area contributed by atoms with Crippen LogP contribution in [0.3, 0.4) is 0 Å². The van der Waals surface area contributed by atoms with Gasteiger partial charge >= 0.3 is 0 Å². The summed E-state index contributed by atoms with van der Waals surface area (Å²) >= 11 is 7.09. The molecule has 20 atom stereocenters. The quantitative estimate of drug-likeness (QED) is 0.0607. The van der Waals surface area contributed by atoms with Crippen LogP contribution in [-0.4, -0.2) is 217 Å². The monoisotopic (exact) mass is 861 g/mol. The van der Waals surface area contributed by atoms with E-state index in [0.717, 1.165) is 19.3 Å². The first kappa shape index (κ1) is 46.9. The number of carbonyl (C=O) groups excluding carboxylic acids is 1. The largest absolute Gasteiger partial charge is 0.394 e. The Bertz CT molecular complexity index is 1280. The molecule has 13 N–H and O–H groups in total. The summed E-state index contributed by atoms with van der Waals surface area (Å²) in [5.74, 6) is 0.193. The van der Waals surface area contributed by atoms with E-state index in [9.17, 15) is 55.9 Å². The first-order valence-corrected chi connectivity index (χ1v) is 20.8. The standard InChI is InChI=1S/C34H59N3O18S2/c1-13-20(41)23(44)26(47)32(50-13)55-29-19(36-14(2)40)30(51-17(11-39)28(29)54-33-27(48)24(45)22(43)16(10-38)52-33)37-34(56)35-7-9-57-12-18-15-6-4-3-5-8-49-31(53-18)25(46)21(15)42/h13,15-33,38-39,41-48H,3-12H2,1-2H3,(H,36,40)(H2,35,37,56)/t13?,15?,16?,17?,18?,19-,20+,21+,22-,23?,24?,25-,26-,27-,28+,29?,30+,31-,32-,33-/m0/s1. The van der Waals surface area contributed by atoms with Gasteiger partial charge in [-0.25, -0.2) is 0 Å². The number of hydrogen-bond donors (Lipinski definition) is 13. The van der Waals surface area contributed by atoms with Gasteiger partial charge < -0.3 is 100 Å². The summed E-state index contributed by atoms with van der Waals surface area (Å²) in [4.78, 5) is 12.6. The van der Waals surface area contributed by atoms with Crippen LogP contribution in [0.25, 0.3) is 0 Å². The summed E-state index contributed by atoms with van der Waals surface area (Å²) in [5, 5.41) is 114. The lowest BCUT2D eigenvalue weighted by molar-refractivity contribution is -0.361. The van der Waals surface area contributed by atoms with Gasteiger partial charge in [-0.15, -0.1) is 0 Å². The van der Waals surface area contributed by atoms with Crippen molar-refractivity contribution < 1.29 is 89.0 Å². The minimum absolute atomic E-state index is 0.0572. The van der Waals surface area contributed by atoms with Crippen LogP contribution in [0.1, 0.15) is 39.5 Å². The Morgan fingerprint density at radius 1 is 0.737 bits per heavy atom. The second kappa shape index (κ2) is 21.6. The molecule has 6 saturated heterocycles. The van der Waals surface area contributed by atoms with E-state index in [4.69, 9.17) is 45.4 Å². The van der Waals surface area contributed by atoms with E-state index in [1.54, 1.807) is 0 Å². The van der Waals surface area contributed by atoms with Gasteiger partial charge in [-0.05, 0) is 32.0 Å². The van der Waals surface area contributed by atoms with Crippen molar-refractivity contribution in [3.05, 3.63) is 0 Å². The van der Waals surface area contributed by atoms with Crippen molar-refractivity contribution in [1.82, 2.24) is 16.0 Å². The van der Waals surface area contributed by atoms with E-state index < -0.39 is 130 Å². The summed E-state index contributed by atoms with van der Waals surface area (Å²) in [6.07, 6.45) is -21.8. The molecule has 0 saturated carbocycles. The van der Waals surface area contributed by atoms with Gasteiger partial charge in [-0.1, -0.05) is 12.8 Å². The zero-order valence-corrected chi connectivity index (χ0v) is 33.3. The highest BCUT2D eigenvalue weighted by Gasteiger charge is 2.54. The number of fused-ring (bicyclic) bond motifs is 7. The van der Waals surface area contributed by atoms with Gasteiger partial charge in [0, 0.05) is 37.5 Å². The predicted molar refractivity (Wildman–Crippen MR) is 199 cm³/mol. The number of aliphatic hydroxyl groups is 10. The highest BCUT2D eigenvalue weighted by Crippen LogP contribution is 2.35. The van der Waals surface area contributed by atoms with Crippen molar-refractivity contribution in [3.8, 4) is 0 Å². The third-order valence-corrected chi connectivity index (χ3v) is 12.2. The zero-order valence-electron chi connectivity index (χ0n) is 31.7. The molecule has 0 aromatic rings. The van der Waals surface area contributed by atoms with Gasteiger partial charge in [0.15, 0.2) is 30.2 Å². The Hall–Kier alpha value is -1.17. The summed E-state index contributed by atoms with van der Waals surface area (Å²) in [5.41, 5.74) is 0. The van der Waals surface area contributed by atoms with Crippen LogP contribution in [0, 0.1) is 5.92 Å². The summed E-state index contributed by atoms with van der Waals surface area (Å²) < 4.78 is 41.3. The lowest BCUT2D eigenvalue weighted by atomic mass is 9.85. The molecular weight excluding hydrogens is 803 g/mol. The van der Waals surface area contributed by atoms with Crippen molar-refractivity contribution in [1.29, 1.82) is 0 Å². The van der Waals surface area contributed by atoms with Gasteiger partial charge in [0.1, 0.15) is 73.2 Å². The van der Waals surface area contributed by atoms with E-state index in [2.05, 4.69) is 16.0 Å². The third kappa shape index (κ3) is 11.4. The second-order valence-corrected chi connectivity index (χ2v) is 16.5. The fourth-order valence-corrected chi connectivity index (χ4v) is 8.85. The zero-order chi connectivity index (χ0) is 41.6. The maximum Gasteiger partial charge on any atom is 0.217 e. The lowest BCUT2D eigenvalue weighted by Crippen LogP contribution is -2.72. The van der Waals surface area contributed by atoms with Crippen LogP contribution in [-0.2, 0) is 38.0 Å². The van der Waals surface area contributed by atoms with Crippen molar-refractivity contribution in [3.63, 3.8) is 0 Å². The molecule has 330 valence electrons. The van der Waals surface area contributed by atoms with Gasteiger partial charge in [-0.2, -0.15) is 11.8 Å². The van der Waals surface area contributed by atoms with Crippen molar-refractivity contribution in [2.24, 2.45) is 5.92 Å². The molecule has 0 aromatic heterocycles. The van der Waals surface area contributed by atoms with E-state index in [0.29, 0.717) is 31.1 Å². The molecule has 2 bridgehead atoms. The number of rotatable bonds is 13. The van der Waals surface area contributed by atoms with Crippen LogP contribution in [0.4, 0.5) is 0 Å². The van der Waals surface area contributed by atoms with Gasteiger partial charge in [-0.3, -0.25) is 4.79 Å². The van der Waals surface area contributed by atoms with Gasteiger partial charge in [0.25, 0.3) is 0 Å². The van der Waals surface area contributed by atoms with Crippen LogP contribution in [0.15, 0.2) is 0 Å². The average Bonchev–Trinajstić information content (AvgIpc) is 3.18. The average molecular weight is 862 g/mol. The van der Waals surface area contributed by atoms with E-state index in [-0.39, 0.29) is 17.1 Å². The van der Waals surface area contributed by atoms with E-state index >= 15 is 0 Å². The molecular formula is C34H59N3O18S2. The molecule has 6 aliphatic heterocycles. The second-order valence-electron chi connectivity index (χ2n) is 15.0. The molecule has 0 aliphatic carbocycles. The maximum atomic E-state index is 12.6. The molecule has 0 spiro atoms. The number of thioether (sulfide) groups is 1. The molecule has 23 heteroatoms. The molecule has 6 fully saturated rings. The number of ether oxygens (including phenoxy) is 7. The normalized spacial score (nSPS) is 45.5. The van der Waals surface area contributed by atoms with Crippen molar-refractivity contribution in [2.75, 3.05) is 37.9 Å². The van der Waals surface area contributed by atoms with Crippen LogP contribution >= 0.6 is 24.0 Å². The van der Waals surface area contributed by atoms with Gasteiger partial charge in [0.05, 0.1) is 31.5 Å². The number of aliphatic hydroxyl groups excluding tert-OH is 10. The number of carbonyl (C=O) groups is 1. The topological polar surface area (TPSA) is 320 Å². The molecule has 8 unspecified atom stereocenters. The first-order chi connectivity index (χ1) is 27.2. The highest BCUT2D eigenvalue weighted by atomic mass is 32.2. The van der Waals surface area contributed by atoms with E-state index in [1.807, 2.05) is 0 Å². The Morgan fingerprint density at radius 2 is 1.40 bits per heavy atom. The Labute approximate surface area is 339 Å². The van der Waals surface area contributed by atoms with Crippen molar-refractivity contribution >= 4 is 35.0 Å². The highest BCUT2D eigenvalue weighted by molar-refractivity contribution is 7.99. The van der Waals surface area contributed by atoms with Crippen LogP contribution < -0.4 is 16.0 Å². The van der Waals surface area contributed by atoms with Gasteiger partial charge in [0.2, 0.25) is 5.91 Å². The number of nitrogens with one attached hydrogen (secondary N) is 3. The number of hydrogen-bond acceptors (Lipinski definition) is 20. The number of thiocarbonyl (C=S) groups is 1. The Kier molecular flexibility index (Phi) is 17.7. The molecule has 21 nitrogen and oxygen atoms in total. The minimum atomic E-state index is -1.88. The molecule has 0 aromatic carbocycles. The fraction of sp³-hybridized carbons (Fsp3) is 0.941. The summed E-state index contributed by atoms with van der Waals surface area (Å²) in [6, 6.07) is -1.28.